The Bertz CT molecular complexity index is 831. The first kappa shape index (κ1) is 22.1. The Hall–Kier alpha value is -3.22. The second-order valence-electron chi connectivity index (χ2n) is 6.13. The molecule has 2 rings (SSSR count). The van der Waals surface area contributed by atoms with E-state index in [1.54, 1.807) is 0 Å². The van der Waals surface area contributed by atoms with Crippen LogP contribution < -0.4 is 5.69 Å². The number of hydrogen-bond donors (Lipinski definition) is 1. The summed E-state index contributed by atoms with van der Waals surface area (Å²) in [6, 6.07) is 0. The summed E-state index contributed by atoms with van der Waals surface area (Å²) in [7, 11) is 0. The molecule has 0 bridgehead atoms. The minimum atomic E-state index is -1.39. The van der Waals surface area contributed by atoms with E-state index in [0.717, 1.165) is 38.7 Å². The minimum Gasteiger partial charge on any atom is -0.463 e. The van der Waals surface area contributed by atoms with Crippen LogP contribution in [0.1, 0.15) is 33.9 Å². The maximum absolute atomic E-state index is 12.1. The van der Waals surface area contributed by atoms with Gasteiger partial charge in [-0.2, -0.15) is 9.78 Å². The van der Waals surface area contributed by atoms with Gasteiger partial charge in [0, 0.05) is 27.7 Å². The minimum absolute atomic E-state index is 0.395. The van der Waals surface area contributed by atoms with Crippen LogP contribution >= 0.6 is 0 Å². The maximum Gasteiger partial charge on any atom is 0.345 e. The summed E-state index contributed by atoms with van der Waals surface area (Å²) in [4.78, 5) is 60.6. The van der Waals surface area contributed by atoms with Crippen LogP contribution in [0.2, 0.25) is 0 Å². The number of carbonyl (C=O) groups excluding carboxylic acids is 4. The van der Waals surface area contributed by atoms with E-state index in [9.17, 15) is 24.0 Å². The molecule has 1 aromatic heterocycles. The number of aromatic amines is 1. The molecule has 1 aliphatic heterocycles. The Morgan fingerprint density at radius 2 is 1.52 bits per heavy atom. The molecule has 5 atom stereocenters. The van der Waals surface area contributed by atoms with Crippen LogP contribution in [0.15, 0.2) is 11.1 Å². The fraction of sp³-hybridized carbons (Fsp3) is 0.625. The molecule has 1 N–H and O–H groups in total. The molecule has 1 aliphatic rings. The smallest absolute Gasteiger partial charge is 0.345 e. The highest BCUT2D eigenvalue weighted by atomic mass is 16.7. The summed E-state index contributed by atoms with van der Waals surface area (Å²) in [5.41, 5.74) is -0.703. The van der Waals surface area contributed by atoms with E-state index >= 15 is 0 Å². The topological polar surface area (TPSA) is 165 Å². The van der Waals surface area contributed by atoms with Gasteiger partial charge in [-0.05, 0) is 0 Å². The standard InChI is InChI=1S/C16H21N3O10/c1-7(20)25-5-11-12(26-8(2)21)13(27-9(3)22)14(28-10(4)23)15(29-11)19-16(24)17-6-18-19/h6,11-15H,5H2,1-4H3,(H,17,18,24)/t11-,12-,13+,14-,15-/m1/s1. The number of H-pyrrole nitrogens is 1. The van der Waals surface area contributed by atoms with E-state index in [1.165, 1.54) is 0 Å². The van der Waals surface area contributed by atoms with Crippen LogP contribution in [-0.4, -0.2) is 69.7 Å². The van der Waals surface area contributed by atoms with Crippen molar-refractivity contribution < 1.29 is 42.9 Å². The van der Waals surface area contributed by atoms with Crippen LogP contribution in [0.4, 0.5) is 0 Å². The van der Waals surface area contributed by atoms with Gasteiger partial charge < -0.3 is 23.7 Å². The van der Waals surface area contributed by atoms with Crippen LogP contribution in [0, 0.1) is 0 Å². The van der Waals surface area contributed by atoms with Crippen LogP contribution in [0.5, 0.6) is 0 Å². The van der Waals surface area contributed by atoms with Crippen molar-refractivity contribution in [3.8, 4) is 0 Å². The zero-order valence-electron chi connectivity index (χ0n) is 16.1. The number of ether oxygens (including phenoxy) is 5. The molecule has 0 unspecified atom stereocenters. The zero-order chi connectivity index (χ0) is 21.7. The predicted molar refractivity (Wildman–Crippen MR) is 90.1 cm³/mol. The molecule has 13 heteroatoms. The molecule has 29 heavy (non-hydrogen) atoms. The fourth-order valence-electron chi connectivity index (χ4n) is 2.85. The molecule has 2 heterocycles. The average molecular weight is 415 g/mol. The van der Waals surface area contributed by atoms with Crippen molar-refractivity contribution >= 4 is 23.9 Å². The van der Waals surface area contributed by atoms with Gasteiger partial charge >= 0.3 is 29.6 Å². The van der Waals surface area contributed by atoms with Crippen LogP contribution in [0.25, 0.3) is 0 Å². The van der Waals surface area contributed by atoms with E-state index in [4.69, 9.17) is 23.7 Å². The number of aromatic nitrogens is 3. The van der Waals surface area contributed by atoms with E-state index in [-0.39, 0.29) is 0 Å². The summed E-state index contributed by atoms with van der Waals surface area (Å²) in [6.07, 6.45) is -5.51. The quantitative estimate of drug-likeness (QED) is 0.439. The van der Waals surface area contributed by atoms with Gasteiger partial charge in [-0.15, -0.1) is 0 Å². The lowest BCUT2D eigenvalue weighted by atomic mass is 9.97. The third kappa shape index (κ3) is 5.63. The zero-order valence-corrected chi connectivity index (χ0v) is 16.1. The summed E-state index contributed by atoms with van der Waals surface area (Å²) in [5, 5.41) is 3.80. The molecule has 0 aromatic carbocycles. The van der Waals surface area contributed by atoms with E-state index in [1.807, 2.05) is 0 Å². The van der Waals surface area contributed by atoms with Gasteiger partial charge in [0.05, 0.1) is 0 Å². The van der Waals surface area contributed by atoms with E-state index in [0.29, 0.717) is 0 Å². The molecule has 1 fully saturated rings. The number of rotatable bonds is 6. The molecule has 0 aliphatic carbocycles. The second-order valence-corrected chi connectivity index (χ2v) is 6.13. The number of hydrogen-bond acceptors (Lipinski definition) is 11. The van der Waals surface area contributed by atoms with Crippen LogP contribution in [-0.2, 0) is 42.9 Å². The highest BCUT2D eigenvalue weighted by Gasteiger charge is 2.53. The van der Waals surface area contributed by atoms with E-state index in [2.05, 4.69) is 10.1 Å². The van der Waals surface area contributed by atoms with Crippen molar-refractivity contribution in [3.63, 3.8) is 0 Å². The third-order valence-electron chi connectivity index (χ3n) is 3.79. The van der Waals surface area contributed by atoms with Gasteiger partial charge in [-0.25, -0.2) is 4.79 Å². The van der Waals surface area contributed by atoms with Crippen molar-refractivity contribution in [2.75, 3.05) is 6.61 Å². The molecule has 0 spiro atoms. The van der Waals surface area contributed by atoms with Crippen molar-refractivity contribution in [3.05, 3.63) is 16.8 Å². The predicted octanol–water partition coefficient (Wildman–Crippen LogP) is -1.17. The summed E-state index contributed by atoms with van der Waals surface area (Å²) in [6.45, 7) is 4.07. The third-order valence-corrected chi connectivity index (χ3v) is 3.79. The number of nitrogens with one attached hydrogen (secondary N) is 1. The van der Waals surface area contributed by atoms with Crippen molar-refractivity contribution in [2.45, 2.75) is 58.3 Å². The number of nitrogens with zero attached hydrogens (tertiary/aromatic N) is 2. The Labute approximate surface area is 164 Å². The Morgan fingerprint density at radius 3 is 2.00 bits per heavy atom. The average Bonchev–Trinajstić information content (AvgIpc) is 3.01. The number of carbonyl (C=O) groups is 4. The van der Waals surface area contributed by atoms with Gasteiger partial charge in [0.25, 0.3) is 0 Å². The molecule has 1 aromatic rings. The summed E-state index contributed by atoms with van der Waals surface area (Å²) >= 11 is 0. The first-order valence-electron chi connectivity index (χ1n) is 8.52. The SMILES string of the molecule is CC(=O)OC[C@H]1O[C@@H](n2nc[nH]c2=O)[C@H](OC(C)=O)[C@@H](OC(C)=O)[C@@H]1OC(C)=O. The van der Waals surface area contributed by atoms with Gasteiger partial charge in [0.15, 0.2) is 24.5 Å². The maximum atomic E-state index is 12.1. The van der Waals surface area contributed by atoms with Gasteiger partial charge in [-0.3, -0.25) is 24.2 Å². The van der Waals surface area contributed by atoms with Gasteiger partial charge in [0.1, 0.15) is 19.0 Å². The normalized spacial score (nSPS) is 26.3. The Morgan fingerprint density at radius 1 is 0.966 bits per heavy atom. The molecular weight excluding hydrogens is 394 g/mol. The fourth-order valence-corrected chi connectivity index (χ4v) is 2.85. The van der Waals surface area contributed by atoms with Crippen LogP contribution in [0.3, 0.4) is 0 Å². The molecule has 0 saturated carbocycles. The highest BCUT2D eigenvalue weighted by molar-refractivity contribution is 5.68. The van der Waals surface area contributed by atoms with Crippen molar-refractivity contribution in [2.24, 2.45) is 0 Å². The summed E-state index contributed by atoms with van der Waals surface area (Å²) < 4.78 is 27.2. The molecule has 0 radical (unpaired) electrons. The molecule has 160 valence electrons. The van der Waals surface area contributed by atoms with E-state index < -0.39 is 66.8 Å². The molecule has 13 nitrogen and oxygen atoms in total. The monoisotopic (exact) mass is 415 g/mol. The molecule has 0 amide bonds. The lowest BCUT2D eigenvalue weighted by Gasteiger charge is -2.43. The van der Waals surface area contributed by atoms with Gasteiger partial charge in [-0.1, -0.05) is 0 Å². The summed E-state index contributed by atoms with van der Waals surface area (Å²) in [5.74, 6) is -2.94. The van der Waals surface area contributed by atoms with Crippen molar-refractivity contribution in [1.82, 2.24) is 14.8 Å². The Kier molecular flexibility index (Phi) is 7.09. The number of esters is 4. The Balaban J connectivity index is 2.52. The first-order valence-corrected chi connectivity index (χ1v) is 8.52. The highest BCUT2D eigenvalue weighted by Crippen LogP contribution is 2.33. The van der Waals surface area contributed by atoms with Gasteiger partial charge in [0.2, 0.25) is 0 Å². The molecular formula is C16H21N3O10. The second kappa shape index (κ2) is 9.32. The largest absolute Gasteiger partial charge is 0.463 e. The first-order chi connectivity index (χ1) is 13.6. The van der Waals surface area contributed by atoms with Crippen molar-refractivity contribution in [1.29, 1.82) is 0 Å². The lowest BCUT2D eigenvalue weighted by molar-refractivity contribution is -0.271. The lowest BCUT2D eigenvalue weighted by Crippen LogP contribution is -2.61. The molecule has 1 saturated heterocycles.